The highest BCUT2D eigenvalue weighted by Gasteiger charge is 2.10. The Balaban J connectivity index is 0.00000338. The predicted octanol–water partition coefficient (Wildman–Crippen LogP) is 3.99. The SMILES string of the molecule is CN=C(NCCc1ccccc1)NCc1cc(OC)c(OC)cc1Br.I. The first-order valence-corrected chi connectivity index (χ1v) is 8.86. The third-order valence-electron chi connectivity index (χ3n) is 3.77. The fourth-order valence-electron chi connectivity index (χ4n) is 2.40. The van der Waals surface area contributed by atoms with Crippen molar-refractivity contribution in [2.75, 3.05) is 27.8 Å². The van der Waals surface area contributed by atoms with E-state index in [1.165, 1.54) is 5.56 Å². The molecule has 0 aliphatic carbocycles. The minimum Gasteiger partial charge on any atom is -0.493 e. The normalized spacial score (nSPS) is 10.7. The summed E-state index contributed by atoms with van der Waals surface area (Å²) in [6.07, 6.45) is 0.946. The molecule has 0 aliphatic heterocycles. The number of methoxy groups -OCH3 is 2. The summed E-state index contributed by atoms with van der Waals surface area (Å²) in [5.74, 6) is 2.16. The summed E-state index contributed by atoms with van der Waals surface area (Å²) < 4.78 is 11.6. The van der Waals surface area contributed by atoms with Crippen molar-refractivity contribution in [1.82, 2.24) is 10.6 Å². The van der Waals surface area contributed by atoms with Gasteiger partial charge in [-0.3, -0.25) is 4.99 Å². The minimum absolute atomic E-state index is 0. The number of halogens is 2. The molecule has 0 bridgehead atoms. The van der Waals surface area contributed by atoms with Crippen LogP contribution in [-0.2, 0) is 13.0 Å². The van der Waals surface area contributed by atoms with E-state index in [-0.39, 0.29) is 24.0 Å². The van der Waals surface area contributed by atoms with Gasteiger partial charge in [0.05, 0.1) is 14.2 Å². The summed E-state index contributed by atoms with van der Waals surface area (Å²) in [5.41, 5.74) is 2.36. The molecule has 0 atom stereocenters. The number of hydrogen-bond acceptors (Lipinski definition) is 3. The standard InChI is InChI=1S/C19H24BrN3O2.HI/c1-21-19(22-10-9-14-7-5-4-6-8-14)23-13-15-11-17(24-2)18(25-3)12-16(15)20;/h4-8,11-12H,9-10,13H2,1-3H3,(H2,21,22,23);1H. The number of nitrogens with one attached hydrogen (secondary N) is 2. The molecule has 0 fully saturated rings. The van der Waals surface area contributed by atoms with E-state index in [1.807, 2.05) is 18.2 Å². The molecule has 2 aromatic rings. The summed E-state index contributed by atoms with van der Waals surface area (Å²) >= 11 is 3.57. The van der Waals surface area contributed by atoms with Crippen LogP contribution in [0.1, 0.15) is 11.1 Å². The summed E-state index contributed by atoms with van der Waals surface area (Å²) in [4.78, 5) is 4.26. The Hall–Kier alpha value is -1.48. The quantitative estimate of drug-likeness (QED) is 0.321. The maximum Gasteiger partial charge on any atom is 0.191 e. The Morgan fingerprint density at radius 1 is 1.04 bits per heavy atom. The van der Waals surface area contributed by atoms with Gasteiger partial charge < -0.3 is 20.1 Å². The molecule has 0 spiro atoms. The van der Waals surface area contributed by atoms with E-state index in [0.717, 1.165) is 29.0 Å². The van der Waals surface area contributed by atoms with Crippen LogP contribution in [0.25, 0.3) is 0 Å². The lowest BCUT2D eigenvalue weighted by Gasteiger charge is -2.15. The summed E-state index contributed by atoms with van der Waals surface area (Å²) in [6, 6.07) is 14.2. The van der Waals surface area contributed by atoms with Crippen molar-refractivity contribution < 1.29 is 9.47 Å². The third kappa shape index (κ3) is 6.68. The zero-order valence-electron chi connectivity index (χ0n) is 15.2. The first-order valence-electron chi connectivity index (χ1n) is 8.06. The molecule has 0 heterocycles. The fraction of sp³-hybridized carbons (Fsp3) is 0.316. The smallest absolute Gasteiger partial charge is 0.191 e. The van der Waals surface area contributed by atoms with Crippen LogP contribution in [0, 0.1) is 0 Å². The molecule has 0 aliphatic rings. The third-order valence-corrected chi connectivity index (χ3v) is 4.51. The van der Waals surface area contributed by atoms with Gasteiger partial charge in [0.2, 0.25) is 0 Å². The van der Waals surface area contributed by atoms with Crippen LogP contribution in [-0.4, -0.2) is 33.8 Å². The van der Waals surface area contributed by atoms with Crippen LogP contribution >= 0.6 is 39.9 Å². The fourth-order valence-corrected chi connectivity index (χ4v) is 2.86. The van der Waals surface area contributed by atoms with Gasteiger partial charge in [-0.2, -0.15) is 0 Å². The van der Waals surface area contributed by atoms with Crippen LogP contribution in [0.15, 0.2) is 51.9 Å². The number of aliphatic imine (C=N–C) groups is 1. The molecule has 0 amide bonds. The van der Waals surface area contributed by atoms with Gasteiger partial charge >= 0.3 is 0 Å². The first-order chi connectivity index (χ1) is 12.2. The van der Waals surface area contributed by atoms with E-state index in [2.05, 4.69) is 55.8 Å². The summed E-state index contributed by atoms with van der Waals surface area (Å²) in [6.45, 7) is 1.43. The average Bonchev–Trinajstić information content (AvgIpc) is 2.65. The Bertz CT molecular complexity index is 711. The number of guanidine groups is 1. The van der Waals surface area contributed by atoms with Crippen molar-refractivity contribution >= 4 is 45.9 Å². The molecule has 2 N–H and O–H groups in total. The monoisotopic (exact) mass is 533 g/mol. The van der Waals surface area contributed by atoms with E-state index in [1.54, 1.807) is 21.3 Å². The van der Waals surface area contributed by atoms with Crippen molar-refractivity contribution in [3.63, 3.8) is 0 Å². The van der Waals surface area contributed by atoms with E-state index in [4.69, 9.17) is 9.47 Å². The molecule has 0 radical (unpaired) electrons. The summed E-state index contributed by atoms with van der Waals surface area (Å²) in [5, 5.41) is 6.64. The zero-order valence-corrected chi connectivity index (χ0v) is 19.1. The van der Waals surface area contributed by atoms with Crippen LogP contribution in [0.3, 0.4) is 0 Å². The van der Waals surface area contributed by atoms with Crippen LogP contribution < -0.4 is 20.1 Å². The second-order valence-corrected chi connectivity index (χ2v) is 6.24. The first kappa shape index (κ1) is 22.6. The van der Waals surface area contributed by atoms with Gasteiger partial charge in [0.1, 0.15) is 0 Å². The lowest BCUT2D eigenvalue weighted by molar-refractivity contribution is 0.354. The summed E-state index contributed by atoms with van der Waals surface area (Å²) in [7, 11) is 5.02. The number of rotatable bonds is 7. The lowest BCUT2D eigenvalue weighted by atomic mass is 10.1. The molecule has 142 valence electrons. The van der Waals surface area contributed by atoms with E-state index in [9.17, 15) is 0 Å². The van der Waals surface area contributed by atoms with Gasteiger partial charge in [-0.15, -0.1) is 24.0 Å². The Kier molecular flexibility index (Phi) is 10.4. The maximum atomic E-state index is 5.36. The largest absolute Gasteiger partial charge is 0.493 e. The highest BCUT2D eigenvalue weighted by atomic mass is 127. The van der Waals surface area contributed by atoms with Crippen LogP contribution in [0.5, 0.6) is 11.5 Å². The average molecular weight is 534 g/mol. The van der Waals surface area contributed by atoms with Crippen molar-refractivity contribution in [3.8, 4) is 11.5 Å². The van der Waals surface area contributed by atoms with Gasteiger partial charge in [-0.1, -0.05) is 46.3 Å². The molecule has 0 aromatic heterocycles. The lowest BCUT2D eigenvalue weighted by Crippen LogP contribution is -2.37. The molecular weight excluding hydrogens is 509 g/mol. The molecule has 0 saturated heterocycles. The topological polar surface area (TPSA) is 54.9 Å². The van der Waals surface area contributed by atoms with Gasteiger partial charge in [-0.25, -0.2) is 0 Å². The van der Waals surface area contributed by atoms with Gasteiger partial charge in [-0.05, 0) is 29.7 Å². The Labute approximate surface area is 180 Å². The predicted molar refractivity (Wildman–Crippen MR) is 121 cm³/mol. The molecule has 0 unspecified atom stereocenters. The van der Waals surface area contributed by atoms with Gasteiger partial charge in [0.25, 0.3) is 0 Å². The van der Waals surface area contributed by atoms with Crippen LogP contribution in [0.4, 0.5) is 0 Å². The van der Waals surface area contributed by atoms with E-state index in [0.29, 0.717) is 18.0 Å². The van der Waals surface area contributed by atoms with Crippen molar-refractivity contribution in [3.05, 3.63) is 58.1 Å². The van der Waals surface area contributed by atoms with Gasteiger partial charge in [0.15, 0.2) is 17.5 Å². The molecule has 26 heavy (non-hydrogen) atoms. The highest BCUT2D eigenvalue weighted by molar-refractivity contribution is 14.0. The molecule has 2 rings (SSSR count). The van der Waals surface area contributed by atoms with Crippen molar-refractivity contribution in [2.24, 2.45) is 4.99 Å². The van der Waals surface area contributed by atoms with Crippen molar-refractivity contribution in [1.29, 1.82) is 0 Å². The molecular formula is C19H25BrIN3O2. The second kappa shape index (κ2) is 12.0. The van der Waals surface area contributed by atoms with E-state index < -0.39 is 0 Å². The molecule has 2 aromatic carbocycles. The van der Waals surface area contributed by atoms with E-state index >= 15 is 0 Å². The highest BCUT2D eigenvalue weighted by Crippen LogP contribution is 2.33. The number of nitrogens with zero attached hydrogens (tertiary/aromatic N) is 1. The Morgan fingerprint density at radius 3 is 2.31 bits per heavy atom. The molecule has 5 nitrogen and oxygen atoms in total. The number of ether oxygens (including phenoxy) is 2. The Morgan fingerprint density at radius 2 is 1.69 bits per heavy atom. The maximum absolute atomic E-state index is 5.36. The van der Waals surface area contributed by atoms with Crippen LogP contribution in [0.2, 0.25) is 0 Å². The van der Waals surface area contributed by atoms with Gasteiger partial charge in [0, 0.05) is 24.6 Å². The zero-order chi connectivity index (χ0) is 18.1. The minimum atomic E-state index is 0. The van der Waals surface area contributed by atoms with Crippen molar-refractivity contribution in [2.45, 2.75) is 13.0 Å². The molecule has 0 saturated carbocycles. The number of benzene rings is 2. The molecule has 7 heteroatoms. The second-order valence-electron chi connectivity index (χ2n) is 5.39. The number of hydrogen-bond donors (Lipinski definition) is 2.